The maximum Gasteiger partial charge on any atom is 0.124 e. The van der Waals surface area contributed by atoms with Gasteiger partial charge < -0.3 is 9.13 Å². The normalized spacial score (nSPS) is 11.6. The molecule has 4 nitrogen and oxygen atoms in total. The summed E-state index contributed by atoms with van der Waals surface area (Å²) in [5.74, 6) is 0. The van der Waals surface area contributed by atoms with Gasteiger partial charge in [0.05, 0.1) is 32.6 Å². The second kappa shape index (κ2) is 8.79. The lowest BCUT2D eigenvalue weighted by Crippen LogP contribution is -1.96. The van der Waals surface area contributed by atoms with Gasteiger partial charge in [0.2, 0.25) is 0 Å². The first-order valence-corrected chi connectivity index (χ1v) is 13.7. The van der Waals surface area contributed by atoms with Crippen molar-refractivity contribution in [3.63, 3.8) is 0 Å². The van der Waals surface area contributed by atoms with E-state index in [4.69, 9.17) is 4.98 Å². The van der Waals surface area contributed by atoms with Gasteiger partial charge in [-0.1, -0.05) is 48.5 Å². The molecule has 184 valence electrons. The van der Waals surface area contributed by atoms with Crippen LogP contribution in [0, 0.1) is 0 Å². The fourth-order valence-electron chi connectivity index (χ4n) is 5.50. The molecule has 0 unspecified atom stereocenters. The second-order valence-electron chi connectivity index (χ2n) is 9.58. The Morgan fingerprint density at radius 2 is 1.51 bits per heavy atom. The van der Waals surface area contributed by atoms with Crippen LogP contribution in [0.3, 0.4) is 0 Å². The number of pyridine rings is 1. The Kier molecular flexibility index (Phi) is 4.96. The van der Waals surface area contributed by atoms with Gasteiger partial charge in [-0.25, -0.2) is 4.98 Å². The minimum absolute atomic E-state index is 0.961. The standard InChI is InChI=1S/C34H22N4S/c1-2-15-32-28(12-1)36-34(39-32)24-16-17-26-31(22-24)38(25-10-7-9-23(21-25)27-11-3-4-18-35-27)30-14-8-13-29(33(26)30)37-19-5-6-20-37/h1-22H. The Morgan fingerprint density at radius 1 is 0.641 bits per heavy atom. The Bertz CT molecular complexity index is 2090. The molecule has 39 heavy (non-hydrogen) atoms. The third kappa shape index (κ3) is 3.59. The maximum atomic E-state index is 4.95. The predicted molar refractivity (Wildman–Crippen MR) is 162 cm³/mol. The zero-order chi connectivity index (χ0) is 25.8. The van der Waals surface area contributed by atoms with E-state index in [-0.39, 0.29) is 0 Å². The van der Waals surface area contributed by atoms with E-state index >= 15 is 0 Å². The molecular formula is C34H22N4S. The van der Waals surface area contributed by atoms with E-state index in [9.17, 15) is 0 Å². The van der Waals surface area contributed by atoms with Crippen LogP contribution in [0.1, 0.15) is 0 Å². The lowest BCUT2D eigenvalue weighted by molar-refractivity contribution is 1.09. The number of thiazole rings is 1. The zero-order valence-electron chi connectivity index (χ0n) is 20.9. The number of hydrogen-bond donors (Lipinski definition) is 0. The van der Waals surface area contributed by atoms with Crippen LogP contribution >= 0.6 is 11.3 Å². The van der Waals surface area contributed by atoms with Crippen molar-refractivity contribution in [3.8, 4) is 33.2 Å². The van der Waals surface area contributed by atoms with Gasteiger partial charge in [0.25, 0.3) is 0 Å². The SMILES string of the molecule is c1ccc(-c2cccc(-n3c4cc(-c5nc6ccccc6s5)ccc4c4c(-n5cccc5)cccc43)c2)nc1. The number of nitrogens with zero attached hydrogens (tertiary/aromatic N) is 4. The van der Waals surface area contributed by atoms with Gasteiger partial charge in [0.15, 0.2) is 0 Å². The van der Waals surface area contributed by atoms with Crippen molar-refractivity contribution in [2.24, 2.45) is 0 Å². The molecule has 4 aromatic heterocycles. The highest BCUT2D eigenvalue weighted by Crippen LogP contribution is 2.39. The molecule has 4 aromatic carbocycles. The summed E-state index contributed by atoms with van der Waals surface area (Å²) < 4.78 is 5.77. The van der Waals surface area contributed by atoms with Crippen molar-refractivity contribution < 1.29 is 0 Å². The first kappa shape index (κ1) is 22.0. The molecule has 8 aromatic rings. The first-order valence-electron chi connectivity index (χ1n) is 12.9. The molecule has 0 bridgehead atoms. The van der Waals surface area contributed by atoms with Gasteiger partial charge in [-0.05, 0) is 66.7 Å². The van der Waals surface area contributed by atoms with Crippen molar-refractivity contribution in [2.45, 2.75) is 0 Å². The monoisotopic (exact) mass is 518 g/mol. The minimum atomic E-state index is 0.961. The Balaban J connectivity index is 1.43. The fraction of sp³-hybridized carbons (Fsp3) is 0. The van der Waals surface area contributed by atoms with Gasteiger partial charge in [-0.2, -0.15) is 0 Å². The molecule has 0 saturated carbocycles. The number of hydrogen-bond acceptors (Lipinski definition) is 3. The average Bonchev–Trinajstić information content (AvgIpc) is 3.75. The van der Waals surface area contributed by atoms with Crippen LogP contribution in [0.4, 0.5) is 0 Å². The third-order valence-corrected chi connectivity index (χ3v) is 8.34. The average molecular weight is 519 g/mol. The first-order chi connectivity index (χ1) is 19.3. The smallest absolute Gasteiger partial charge is 0.124 e. The molecule has 0 amide bonds. The highest BCUT2D eigenvalue weighted by atomic mass is 32.1. The Hall–Kier alpha value is -5.00. The number of fused-ring (bicyclic) bond motifs is 4. The van der Waals surface area contributed by atoms with Gasteiger partial charge in [0.1, 0.15) is 5.01 Å². The number of benzene rings is 4. The maximum absolute atomic E-state index is 4.95. The summed E-state index contributed by atoms with van der Waals surface area (Å²) in [6.45, 7) is 0. The van der Waals surface area contributed by atoms with Crippen molar-refractivity contribution >= 4 is 43.4 Å². The zero-order valence-corrected chi connectivity index (χ0v) is 21.7. The molecule has 4 heterocycles. The molecule has 0 saturated heterocycles. The number of para-hydroxylation sites is 1. The molecule has 8 rings (SSSR count). The van der Waals surface area contributed by atoms with E-state index in [0.29, 0.717) is 0 Å². The van der Waals surface area contributed by atoms with Crippen LogP contribution in [0.15, 0.2) is 134 Å². The molecular weight excluding hydrogens is 496 g/mol. The van der Waals surface area contributed by atoms with Crippen LogP contribution in [0.5, 0.6) is 0 Å². The summed E-state index contributed by atoms with van der Waals surface area (Å²) in [6, 6.07) is 40.5. The summed E-state index contributed by atoms with van der Waals surface area (Å²) in [5.41, 5.74) is 8.79. The van der Waals surface area contributed by atoms with Crippen LogP contribution in [0.2, 0.25) is 0 Å². The topological polar surface area (TPSA) is 35.6 Å². The number of aromatic nitrogens is 4. The van der Waals surface area contributed by atoms with Gasteiger partial charge in [-0.15, -0.1) is 11.3 Å². The molecule has 0 N–H and O–H groups in total. The summed E-state index contributed by atoms with van der Waals surface area (Å²) in [4.78, 5) is 9.55. The summed E-state index contributed by atoms with van der Waals surface area (Å²) in [5, 5.41) is 3.47. The van der Waals surface area contributed by atoms with E-state index < -0.39 is 0 Å². The molecule has 0 aliphatic carbocycles. The summed E-state index contributed by atoms with van der Waals surface area (Å²) in [7, 11) is 0. The van der Waals surface area contributed by atoms with Crippen molar-refractivity contribution in [2.75, 3.05) is 0 Å². The van der Waals surface area contributed by atoms with Crippen molar-refractivity contribution in [1.82, 2.24) is 19.1 Å². The fourth-order valence-corrected chi connectivity index (χ4v) is 6.47. The highest BCUT2D eigenvalue weighted by Gasteiger charge is 2.18. The van der Waals surface area contributed by atoms with E-state index in [0.717, 1.165) is 49.8 Å². The molecule has 0 spiro atoms. The number of rotatable bonds is 4. The van der Waals surface area contributed by atoms with Crippen LogP contribution in [-0.2, 0) is 0 Å². The summed E-state index contributed by atoms with van der Waals surface area (Å²) in [6.07, 6.45) is 6.06. The van der Waals surface area contributed by atoms with Gasteiger partial charge in [0, 0.05) is 46.2 Å². The second-order valence-corrected chi connectivity index (χ2v) is 10.6. The van der Waals surface area contributed by atoms with Crippen LogP contribution < -0.4 is 0 Å². The highest BCUT2D eigenvalue weighted by molar-refractivity contribution is 7.21. The Labute approximate surface area is 229 Å². The summed E-state index contributed by atoms with van der Waals surface area (Å²) >= 11 is 1.74. The van der Waals surface area contributed by atoms with Crippen LogP contribution in [-0.4, -0.2) is 19.1 Å². The quantitative estimate of drug-likeness (QED) is 0.233. The molecule has 0 aliphatic heterocycles. The molecule has 0 radical (unpaired) electrons. The van der Waals surface area contributed by atoms with Gasteiger partial charge >= 0.3 is 0 Å². The van der Waals surface area contributed by atoms with E-state index in [1.54, 1.807) is 11.3 Å². The minimum Gasteiger partial charge on any atom is -0.323 e. The molecule has 0 aliphatic rings. The lowest BCUT2D eigenvalue weighted by atomic mass is 10.1. The van der Waals surface area contributed by atoms with E-state index in [2.05, 4.69) is 124 Å². The molecule has 0 fully saturated rings. The van der Waals surface area contributed by atoms with E-state index in [1.165, 1.54) is 15.5 Å². The van der Waals surface area contributed by atoms with Crippen molar-refractivity contribution in [1.29, 1.82) is 0 Å². The van der Waals surface area contributed by atoms with Crippen molar-refractivity contribution in [3.05, 3.63) is 134 Å². The van der Waals surface area contributed by atoms with Gasteiger partial charge in [-0.3, -0.25) is 4.98 Å². The van der Waals surface area contributed by atoms with E-state index in [1.807, 2.05) is 24.4 Å². The third-order valence-electron chi connectivity index (χ3n) is 7.26. The lowest BCUT2D eigenvalue weighted by Gasteiger charge is -2.11. The van der Waals surface area contributed by atoms with Crippen LogP contribution in [0.25, 0.3) is 65.2 Å². The molecule has 5 heteroatoms. The molecule has 0 atom stereocenters. The Morgan fingerprint density at radius 3 is 2.38 bits per heavy atom. The largest absolute Gasteiger partial charge is 0.323 e. The predicted octanol–water partition coefficient (Wildman–Crippen LogP) is 8.91.